The fourth-order valence-corrected chi connectivity index (χ4v) is 4.55. The molecule has 0 spiro atoms. The summed E-state index contributed by atoms with van der Waals surface area (Å²) in [7, 11) is 4.78. The van der Waals surface area contributed by atoms with E-state index in [-0.39, 0.29) is 24.3 Å². The van der Waals surface area contributed by atoms with Crippen LogP contribution in [0.1, 0.15) is 50.6 Å². The molecule has 0 bridgehead atoms. The Morgan fingerprint density at radius 1 is 0.707 bits per heavy atom. The van der Waals surface area contributed by atoms with Crippen molar-refractivity contribution < 1.29 is 38.1 Å². The molecule has 0 atom stereocenters. The monoisotopic (exact) mass is 571 g/mol. The van der Waals surface area contributed by atoms with Crippen molar-refractivity contribution in [3.63, 3.8) is 0 Å². The highest BCUT2D eigenvalue weighted by atomic mass is 16.5. The van der Waals surface area contributed by atoms with Gasteiger partial charge in [-0.2, -0.15) is 0 Å². The van der Waals surface area contributed by atoms with Gasteiger partial charge in [-0.25, -0.2) is 4.79 Å². The third-order valence-electron chi connectivity index (χ3n) is 6.59. The zero-order valence-electron chi connectivity index (χ0n) is 24.1. The molecule has 0 fully saturated rings. The zero-order valence-corrected chi connectivity index (χ0v) is 24.1. The van der Waals surface area contributed by atoms with Crippen LogP contribution in [0.15, 0.2) is 36.4 Å². The van der Waals surface area contributed by atoms with Gasteiger partial charge in [-0.15, -0.1) is 0 Å². The highest BCUT2D eigenvalue weighted by Crippen LogP contribution is 2.45. The van der Waals surface area contributed by atoms with Crippen molar-refractivity contribution in [3.8, 4) is 11.1 Å². The van der Waals surface area contributed by atoms with E-state index in [1.165, 1.54) is 7.05 Å². The number of carbonyl (C=O) groups excluding carboxylic acids is 3. The molecule has 3 rings (SSSR count). The molecule has 2 aromatic rings. The fourth-order valence-electron chi connectivity index (χ4n) is 4.55. The second kappa shape index (κ2) is 17.3. The van der Waals surface area contributed by atoms with E-state index in [0.717, 1.165) is 35.1 Å². The SMILES string of the molecule is CNC(=O)OCC1c2cc(C(=O)NCCOCCCOC)ccc2-c2ccc(C(=O)NCCOCCCOC)cc21. The van der Waals surface area contributed by atoms with Gasteiger partial charge in [-0.1, -0.05) is 12.1 Å². The number of fused-ring (bicyclic) bond motifs is 3. The summed E-state index contributed by atoms with van der Waals surface area (Å²) in [6.07, 6.45) is 1.03. The molecule has 11 nitrogen and oxygen atoms in total. The first-order chi connectivity index (χ1) is 20.0. The number of amides is 3. The van der Waals surface area contributed by atoms with Crippen molar-refractivity contribution in [2.24, 2.45) is 0 Å². The van der Waals surface area contributed by atoms with Crippen LogP contribution in [0, 0.1) is 0 Å². The van der Waals surface area contributed by atoms with Crippen LogP contribution >= 0.6 is 0 Å². The van der Waals surface area contributed by atoms with Crippen molar-refractivity contribution >= 4 is 17.9 Å². The molecule has 0 unspecified atom stereocenters. The molecule has 2 aromatic carbocycles. The Bertz CT molecular complexity index is 1080. The Labute approximate surface area is 241 Å². The quantitative estimate of drug-likeness (QED) is 0.233. The molecule has 0 saturated carbocycles. The van der Waals surface area contributed by atoms with E-state index in [0.29, 0.717) is 63.9 Å². The largest absolute Gasteiger partial charge is 0.449 e. The first-order valence-electron chi connectivity index (χ1n) is 13.8. The molecule has 0 saturated heterocycles. The van der Waals surface area contributed by atoms with E-state index >= 15 is 0 Å². The highest BCUT2D eigenvalue weighted by Gasteiger charge is 2.31. The van der Waals surface area contributed by atoms with E-state index in [1.54, 1.807) is 26.4 Å². The second-order valence-electron chi connectivity index (χ2n) is 9.43. The zero-order chi connectivity index (χ0) is 29.5. The molecule has 0 radical (unpaired) electrons. The van der Waals surface area contributed by atoms with Gasteiger partial charge in [0.2, 0.25) is 0 Å². The fraction of sp³-hybridized carbons (Fsp3) is 0.500. The number of hydrogen-bond donors (Lipinski definition) is 3. The molecular formula is C30H41N3O8. The number of methoxy groups -OCH3 is 2. The minimum atomic E-state index is -0.557. The summed E-state index contributed by atoms with van der Waals surface area (Å²) in [5, 5.41) is 8.22. The Morgan fingerprint density at radius 3 is 1.63 bits per heavy atom. The molecule has 0 heterocycles. The number of ether oxygens (including phenoxy) is 5. The molecular weight excluding hydrogens is 530 g/mol. The normalized spacial score (nSPS) is 12.0. The Kier molecular flexibility index (Phi) is 13.5. The lowest BCUT2D eigenvalue weighted by molar-refractivity contribution is 0.0874. The first-order valence-corrected chi connectivity index (χ1v) is 13.8. The van der Waals surface area contributed by atoms with Crippen LogP contribution in [-0.4, -0.2) is 98.5 Å². The lowest BCUT2D eigenvalue weighted by Crippen LogP contribution is -2.28. The Morgan fingerprint density at radius 2 is 1.20 bits per heavy atom. The molecule has 1 aliphatic carbocycles. The minimum Gasteiger partial charge on any atom is -0.449 e. The maximum Gasteiger partial charge on any atom is 0.406 e. The topological polar surface area (TPSA) is 133 Å². The van der Waals surface area contributed by atoms with Gasteiger partial charge in [0, 0.05) is 77.8 Å². The van der Waals surface area contributed by atoms with Gasteiger partial charge >= 0.3 is 6.09 Å². The van der Waals surface area contributed by atoms with Gasteiger partial charge in [0.05, 0.1) is 13.2 Å². The average Bonchev–Trinajstić information content (AvgIpc) is 3.30. The van der Waals surface area contributed by atoms with Crippen LogP contribution in [0.5, 0.6) is 0 Å². The molecule has 3 N–H and O–H groups in total. The summed E-state index contributed by atoms with van der Waals surface area (Å²) >= 11 is 0. The number of benzene rings is 2. The van der Waals surface area contributed by atoms with Gasteiger partial charge in [-0.05, 0) is 59.4 Å². The number of carbonyl (C=O) groups is 3. The van der Waals surface area contributed by atoms with Gasteiger partial charge in [0.15, 0.2) is 0 Å². The molecule has 11 heteroatoms. The number of nitrogens with one attached hydrogen (secondary N) is 3. The van der Waals surface area contributed by atoms with E-state index in [9.17, 15) is 14.4 Å². The molecule has 224 valence electrons. The van der Waals surface area contributed by atoms with Crippen molar-refractivity contribution in [1.82, 2.24) is 16.0 Å². The smallest absolute Gasteiger partial charge is 0.406 e. The summed E-state index contributed by atoms with van der Waals surface area (Å²) < 4.78 is 26.4. The lowest BCUT2D eigenvalue weighted by atomic mass is 9.95. The Hall–Kier alpha value is -3.51. The molecule has 3 amide bonds. The van der Waals surface area contributed by atoms with Gasteiger partial charge in [0.25, 0.3) is 11.8 Å². The lowest BCUT2D eigenvalue weighted by Gasteiger charge is -2.15. The Balaban J connectivity index is 1.68. The van der Waals surface area contributed by atoms with Gasteiger partial charge in [-0.3, -0.25) is 9.59 Å². The molecule has 1 aliphatic rings. The summed E-state index contributed by atoms with van der Waals surface area (Å²) in [6.45, 7) is 4.01. The van der Waals surface area contributed by atoms with Crippen LogP contribution < -0.4 is 16.0 Å². The molecule has 0 aliphatic heterocycles. The number of rotatable bonds is 18. The number of alkyl carbamates (subject to hydrolysis) is 1. The van der Waals surface area contributed by atoms with Crippen LogP contribution in [0.25, 0.3) is 11.1 Å². The summed E-state index contributed by atoms with van der Waals surface area (Å²) in [5.41, 5.74) is 4.55. The predicted molar refractivity (Wildman–Crippen MR) is 153 cm³/mol. The van der Waals surface area contributed by atoms with Crippen LogP contribution in [0.2, 0.25) is 0 Å². The maximum atomic E-state index is 12.9. The predicted octanol–water partition coefficient (Wildman–Crippen LogP) is 2.72. The van der Waals surface area contributed by atoms with Crippen LogP contribution in [0.4, 0.5) is 4.79 Å². The van der Waals surface area contributed by atoms with E-state index in [2.05, 4.69) is 16.0 Å². The van der Waals surface area contributed by atoms with Crippen molar-refractivity contribution in [2.45, 2.75) is 18.8 Å². The third kappa shape index (κ3) is 9.53. The number of hydrogen-bond acceptors (Lipinski definition) is 8. The van der Waals surface area contributed by atoms with E-state index < -0.39 is 6.09 Å². The highest BCUT2D eigenvalue weighted by molar-refractivity contribution is 5.98. The van der Waals surface area contributed by atoms with E-state index in [1.807, 2.05) is 24.3 Å². The van der Waals surface area contributed by atoms with Crippen molar-refractivity contribution in [3.05, 3.63) is 58.7 Å². The summed E-state index contributed by atoms with van der Waals surface area (Å²) in [5.74, 6) is -0.787. The average molecular weight is 572 g/mol. The third-order valence-corrected chi connectivity index (χ3v) is 6.59. The second-order valence-corrected chi connectivity index (χ2v) is 9.43. The van der Waals surface area contributed by atoms with Gasteiger partial charge < -0.3 is 39.6 Å². The minimum absolute atomic E-state index is 0.0560. The molecule has 0 aromatic heterocycles. The van der Waals surface area contributed by atoms with Crippen LogP contribution in [-0.2, 0) is 23.7 Å². The maximum absolute atomic E-state index is 12.9. The van der Waals surface area contributed by atoms with E-state index in [4.69, 9.17) is 23.7 Å². The van der Waals surface area contributed by atoms with Crippen LogP contribution in [0.3, 0.4) is 0 Å². The van der Waals surface area contributed by atoms with Crippen molar-refractivity contribution in [1.29, 1.82) is 0 Å². The summed E-state index contributed by atoms with van der Waals surface area (Å²) in [4.78, 5) is 37.6. The summed E-state index contributed by atoms with van der Waals surface area (Å²) in [6, 6.07) is 11.0. The van der Waals surface area contributed by atoms with Crippen molar-refractivity contribution in [2.75, 3.05) is 80.6 Å². The first kappa shape index (κ1) is 32.0. The standard InChI is InChI=1S/C30H41N3O8/c1-31-30(36)41-20-27-25-18-21(28(34)32-10-16-39-14-4-12-37-2)6-8-23(25)24-9-7-22(19-26(24)27)29(35)33-11-17-40-15-5-13-38-3/h6-9,18-19,27H,4-5,10-17,20H2,1-3H3,(H,31,36)(H,32,34)(H,33,35). The van der Waals surface area contributed by atoms with Gasteiger partial charge in [0.1, 0.15) is 6.61 Å². The molecule has 41 heavy (non-hydrogen) atoms.